The number of para-hydroxylation sites is 6. The van der Waals surface area contributed by atoms with Crippen LogP contribution in [0.15, 0.2) is 170 Å². The second kappa shape index (κ2) is 12.0. The summed E-state index contributed by atoms with van der Waals surface area (Å²) in [5.74, 6) is -0.0363. The molecule has 260 valence electrons. The summed E-state index contributed by atoms with van der Waals surface area (Å²) in [5.41, 5.74) is 9.83. The van der Waals surface area contributed by atoms with E-state index >= 15 is 0 Å². The molecule has 0 amide bonds. The standard InChI is InChI=1S/C50H35N5/c51-31-33-26-27-36(34(28-33)32-52)42-29-50(54-45-22-10-5-16-37(45)38-17-6-11-23-46(38)54,55-47-24-12-7-18-39(47)40-19-8-13-25-48(40)55)30-43-41-20-4-9-21-44(41)53(49(42)43)35-14-2-1-3-15-35/h1-28,42-43,49H,29-30H2. The average molecular weight is 706 g/mol. The minimum atomic E-state index is -0.641. The molecule has 0 radical (unpaired) electrons. The SMILES string of the molecule is N#Cc1ccc(C2CC(n3c4ccccc4c4ccccc43)(n3c4ccccc4c4ccccc43)CC3c4ccccc4N(c4ccccc4)C23)c(C#N)c1. The molecule has 0 N–H and O–H groups in total. The van der Waals surface area contributed by atoms with E-state index in [4.69, 9.17) is 0 Å². The first-order chi connectivity index (χ1) is 27.2. The third kappa shape index (κ3) is 4.39. The third-order valence-electron chi connectivity index (χ3n) is 12.5. The van der Waals surface area contributed by atoms with E-state index in [2.05, 4.69) is 184 Å². The smallest absolute Gasteiger partial charge is 0.123 e. The summed E-state index contributed by atoms with van der Waals surface area (Å²) < 4.78 is 5.31. The van der Waals surface area contributed by atoms with Crippen LogP contribution in [-0.2, 0) is 5.66 Å². The van der Waals surface area contributed by atoms with Crippen molar-refractivity contribution in [1.29, 1.82) is 10.5 Å². The van der Waals surface area contributed by atoms with Crippen molar-refractivity contribution in [3.05, 3.63) is 192 Å². The van der Waals surface area contributed by atoms with Crippen molar-refractivity contribution in [3.63, 3.8) is 0 Å². The van der Waals surface area contributed by atoms with Gasteiger partial charge in [0.25, 0.3) is 0 Å². The number of hydrogen-bond acceptors (Lipinski definition) is 3. The molecule has 1 fully saturated rings. The number of anilines is 2. The molecule has 11 rings (SSSR count). The van der Waals surface area contributed by atoms with Crippen LogP contribution in [0.2, 0.25) is 0 Å². The minimum Gasteiger partial charge on any atom is -0.337 e. The van der Waals surface area contributed by atoms with Crippen LogP contribution in [0, 0.1) is 22.7 Å². The Balaban J connectivity index is 1.31. The molecule has 3 atom stereocenters. The molecule has 0 saturated heterocycles. The van der Waals surface area contributed by atoms with Crippen molar-refractivity contribution in [2.24, 2.45) is 0 Å². The highest BCUT2D eigenvalue weighted by atomic mass is 15.3. The quantitative estimate of drug-likeness (QED) is 0.183. The zero-order valence-electron chi connectivity index (χ0n) is 30.0. The summed E-state index contributed by atoms with van der Waals surface area (Å²) in [7, 11) is 0. The van der Waals surface area contributed by atoms with Crippen LogP contribution >= 0.6 is 0 Å². The van der Waals surface area contributed by atoms with Crippen LogP contribution in [0.25, 0.3) is 43.6 Å². The maximum atomic E-state index is 10.8. The van der Waals surface area contributed by atoms with Crippen molar-refractivity contribution in [1.82, 2.24) is 9.13 Å². The van der Waals surface area contributed by atoms with Crippen molar-refractivity contribution in [2.75, 3.05) is 4.90 Å². The van der Waals surface area contributed by atoms with Gasteiger partial charge in [0.05, 0.1) is 45.3 Å². The van der Waals surface area contributed by atoms with E-state index in [0.29, 0.717) is 17.5 Å². The molecule has 0 bridgehead atoms. The molecule has 7 aromatic carbocycles. The zero-order valence-corrected chi connectivity index (χ0v) is 30.0. The monoisotopic (exact) mass is 705 g/mol. The highest BCUT2D eigenvalue weighted by Gasteiger charge is 2.56. The Bertz CT molecular complexity index is 2840. The molecule has 3 unspecified atom stereocenters. The zero-order chi connectivity index (χ0) is 36.7. The van der Waals surface area contributed by atoms with Crippen molar-refractivity contribution in [3.8, 4) is 12.1 Å². The lowest BCUT2D eigenvalue weighted by Crippen LogP contribution is -2.52. The fourth-order valence-corrected chi connectivity index (χ4v) is 10.6. The summed E-state index contributed by atoms with van der Waals surface area (Å²) in [6.07, 6.45) is 1.52. The molecule has 0 spiro atoms. The Labute approximate surface area is 319 Å². The Hall–Kier alpha value is -7.08. The fourth-order valence-electron chi connectivity index (χ4n) is 10.6. The van der Waals surface area contributed by atoms with Crippen LogP contribution in [0.4, 0.5) is 11.4 Å². The number of benzene rings is 7. The van der Waals surface area contributed by atoms with E-state index in [1.54, 1.807) is 6.07 Å². The van der Waals surface area contributed by atoms with E-state index < -0.39 is 5.66 Å². The van der Waals surface area contributed by atoms with E-state index in [0.717, 1.165) is 17.7 Å². The lowest BCUT2D eigenvalue weighted by Gasteiger charge is -2.51. The maximum absolute atomic E-state index is 10.8. The molecular formula is C50H35N5. The summed E-state index contributed by atoms with van der Waals surface area (Å²) in [5, 5.41) is 25.7. The van der Waals surface area contributed by atoms with Crippen LogP contribution in [0.3, 0.4) is 0 Å². The van der Waals surface area contributed by atoms with Crippen LogP contribution in [-0.4, -0.2) is 15.2 Å². The predicted molar refractivity (Wildman–Crippen MR) is 222 cm³/mol. The topological polar surface area (TPSA) is 60.7 Å². The largest absolute Gasteiger partial charge is 0.337 e. The number of rotatable bonds is 4. The Morgan fingerprint density at radius 2 is 0.945 bits per heavy atom. The first-order valence-corrected chi connectivity index (χ1v) is 19.0. The lowest BCUT2D eigenvalue weighted by atomic mass is 9.66. The van der Waals surface area contributed by atoms with Gasteiger partial charge in [-0.05, 0) is 78.6 Å². The molecule has 5 heteroatoms. The first-order valence-electron chi connectivity index (χ1n) is 19.0. The van der Waals surface area contributed by atoms with Gasteiger partial charge < -0.3 is 14.0 Å². The number of nitrogens with zero attached hydrogens (tertiary/aromatic N) is 5. The average Bonchev–Trinajstić information content (AvgIpc) is 3.90. The maximum Gasteiger partial charge on any atom is 0.123 e. The molecule has 1 aliphatic heterocycles. The summed E-state index contributed by atoms with van der Waals surface area (Å²) in [6, 6.07) is 65.7. The molecule has 55 heavy (non-hydrogen) atoms. The van der Waals surface area contributed by atoms with Gasteiger partial charge in [0.2, 0.25) is 0 Å². The molecule has 1 saturated carbocycles. The van der Waals surface area contributed by atoms with Crippen molar-refractivity contribution in [2.45, 2.75) is 36.4 Å². The number of nitriles is 2. The van der Waals surface area contributed by atoms with Gasteiger partial charge in [-0.25, -0.2) is 0 Å². The van der Waals surface area contributed by atoms with E-state index in [1.165, 1.54) is 54.9 Å². The molecule has 2 aliphatic rings. The van der Waals surface area contributed by atoms with Crippen molar-refractivity contribution < 1.29 is 0 Å². The fraction of sp³-hybridized carbons (Fsp3) is 0.120. The Morgan fingerprint density at radius 3 is 1.47 bits per heavy atom. The molecule has 9 aromatic rings. The van der Waals surface area contributed by atoms with Gasteiger partial charge in [0.1, 0.15) is 5.66 Å². The molecule has 2 aromatic heterocycles. The summed E-state index contributed by atoms with van der Waals surface area (Å²) in [4.78, 5) is 2.55. The highest BCUT2D eigenvalue weighted by Crippen LogP contribution is 2.61. The molecule has 5 nitrogen and oxygen atoms in total. The molecule has 3 heterocycles. The van der Waals surface area contributed by atoms with Gasteiger partial charge in [-0.3, -0.25) is 0 Å². The third-order valence-corrected chi connectivity index (χ3v) is 12.5. The van der Waals surface area contributed by atoms with Crippen LogP contribution in [0.1, 0.15) is 46.9 Å². The Kier molecular flexibility index (Phi) is 6.84. The molecular weight excluding hydrogens is 671 g/mol. The van der Waals surface area contributed by atoms with E-state index in [-0.39, 0.29) is 17.9 Å². The lowest BCUT2D eigenvalue weighted by molar-refractivity contribution is 0.129. The van der Waals surface area contributed by atoms with Gasteiger partial charge in [-0.2, -0.15) is 10.5 Å². The Morgan fingerprint density at radius 1 is 0.473 bits per heavy atom. The van der Waals surface area contributed by atoms with Crippen LogP contribution in [0.5, 0.6) is 0 Å². The number of hydrogen-bond donors (Lipinski definition) is 0. The first kappa shape index (κ1) is 31.4. The van der Waals surface area contributed by atoms with Gasteiger partial charge >= 0.3 is 0 Å². The predicted octanol–water partition coefficient (Wildman–Crippen LogP) is 11.7. The van der Waals surface area contributed by atoms with Gasteiger partial charge in [-0.15, -0.1) is 0 Å². The minimum absolute atomic E-state index is 0.00846. The summed E-state index contributed by atoms with van der Waals surface area (Å²) >= 11 is 0. The van der Waals surface area contributed by atoms with E-state index in [1.807, 2.05) is 6.07 Å². The second-order valence-electron chi connectivity index (χ2n) is 15.1. The van der Waals surface area contributed by atoms with Crippen molar-refractivity contribution >= 4 is 55.0 Å². The van der Waals surface area contributed by atoms with E-state index in [9.17, 15) is 10.5 Å². The van der Waals surface area contributed by atoms with Gasteiger partial charge in [-0.1, -0.05) is 115 Å². The number of aromatic nitrogens is 2. The second-order valence-corrected chi connectivity index (χ2v) is 15.1. The normalized spacial score (nSPS) is 18.7. The van der Waals surface area contributed by atoms with Crippen LogP contribution < -0.4 is 4.90 Å². The highest BCUT2D eigenvalue weighted by molar-refractivity contribution is 6.10. The molecule has 1 aliphatic carbocycles. The summed E-state index contributed by atoms with van der Waals surface area (Å²) in [6.45, 7) is 0. The number of fused-ring (bicyclic) bond motifs is 9. The van der Waals surface area contributed by atoms with Gasteiger partial charge in [0, 0.05) is 50.8 Å². The van der Waals surface area contributed by atoms with Gasteiger partial charge in [0.15, 0.2) is 0 Å².